The van der Waals surface area contributed by atoms with Crippen molar-refractivity contribution in [2.75, 3.05) is 12.0 Å². The van der Waals surface area contributed by atoms with Crippen molar-refractivity contribution in [2.24, 2.45) is 5.84 Å². The molecule has 7 heteroatoms. The number of anilines is 1. The number of hydrogen-bond donors (Lipinski definition) is 2. The number of aryl methyl sites for hydroxylation is 1. The van der Waals surface area contributed by atoms with Gasteiger partial charge in [-0.2, -0.15) is 4.98 Å². The Bertz CT molecular complexity index is 622. The molecule has 1 aromatic carbocycles. The minimum atomic E-state index is 0.289. The Hall–Kier alpha value is -1.89. The monoisotopic (exact) mass is 308 g/mol. The van der Waals surface area contributed by atoms with Gasteiger partial charge >= 0.3 is 0 Å². The summed E-state index contributed by atoms with van der Waals surface area (Å²) in [6.07, 6.45) is 0. The second kappa shape index (κ2) is 7.21. The first-order valence-electron chi connectivity index (χ1n) is 6.48. The molecule has 0 saturated carbocycles. The molecule has 0 saturated heterocycles. The quantitative estimate of drug-likeness (QED) is 0.630. The molecule has 112 valence electrons. The van der Waals surface area contributed by atoms with E-state index in [1.807, 2.05) is 19.9 Å². The van der Waals surface area contributed by atoms with Crippen LogP contribution in [-0.4, -0.2) is 16.6 Å². The summed E-state index contributed by atoms with van der Waals surface area (Å²) < 4.78 is 11.1. The molecule has 3 N–H and O–H groups in total. The standard InChI is InChI=1S/C14H17ClN4O2/c1-3-20-8-13-17-12(19-16)7-14(18-13)21-11-6-10(15)5-4-9(11)2/h4-7H,3,8,16H2,1-2H3,(H,17,18,19). The first-order valence-corrected chi connectivity index (χ1v) is 6.86. The van der Waals surface area contributed by atoms with E-state index in [-0.39, 0.29) is 6.61 Å². The zero-order valence-corrected chi connectivity index (χ0v) is 12.6. The Morgan fingerprint density at radius 1 is 1.29 bits per heavy atom. The topological polar surface area (TPSA) is 82.3 Å². The van der Waals surface area contributed by atoms with Gasteiger partial charge in [0.15, 0.2) is 5.82 Å². The summed E-state index contributed by atoms with van der Waals surface area (Å²) in [5.74, 6) is 7.35. The second-order valence-electron chi connectivity index (χ2n) is 4.30. The summed E-state index contributed by atoms with van der Waals surface area (Å²) in [5.41, 5.74) is 3.43. The number of nitrogens with zero attached hydrogens (tertiary/aromatic N) is 2. The molecule has 2 aromatic rings. The van der Waals surface area contributed by atoms with E-state index < -0.39 is 0 Å². The number of rotatable bonds is 6. The summed E-state index contributed by atoms with van der Waals surface area (Å²) in [6.45, 7) is 4.69. The maximum atomic E-state index is 5.98. The number of benzene rings is 1. The number of halogens is 1. The number of nitrogens with two attached hydrogens (primary N) is 1. The lowest BCUT2D eigenvalue weighted by Gasteiger charge is -2.11. The molecule has 0 fully saturated rings. The van der Waals surface area contributed by atoms with E-state index in [1.165, 1.54) is 0 Å². The number of hydrazine groups is 1. The second-order valence-corrected chi connectivity index (χ2v) is 4.74. The van der Waals surface area contributed by atoms with Crippen LogP contribution in [0.2, 0.25) is 5.02 Å². The fourth-order valence-corrected chi connectivity index (χ4v) is 1.82. The first kappa shape index (κ1) is 15.5. The number of nitrogen functional groups attached to an aromatic ring is 1. The molecule has 0 amide bonds. The molecule has 0 bridgehead atoms. The number of nitrogens with one attached hydrogen (secondary N) is 1. The van der Waals surface area contributed by atoms with Crippen LogP contribution in [0, 0.1) is 6.92 Å². The molecule has 1 aromatic heterocycles. The minimum Gasteiger partial charge on any atom is -0.439 e. The molecular formula is C14H17ClN4O2. The third kappa shape index (κ3) is 4.29. The Kier molecular flexibility index (Phi) is 5.32. The van der Waals surface area contributed by atoms with Crippen LogP contribution >= 0.6 is 11.6 Å². The Morgan fingerprint density at radius 3 is 2.81 bits per heavy atom. The predicted molar refractivity (Wildman–Crippen MR) is 81.4 cm³/mol. The normalized spacial score (nSPS) is 10.5. The summed E-state index contributed by atoms with van der Waals surface area (Å²) in [5, 5.41) is 0.594. The van der Waals surface area contributed by atoms with Crippen molar-refractivity contribution in [3.63, 3.8) is 0 Å². The van der Waals surface area contributed by atoms with E-state index in [9.17, 15) is 0 Å². The van der Waals surface area contributed by atoms with Gasteiger partial charge in [-0.1, -0.05) is 17.7 Å². The molecule has 0 aliphatic heterocycles. The van der Waals surface area contributed by atoms with Crippen molar-refractivity contribution in [2.45, 2.75) is 20.5 Å². The van der Waals surface area contributed by atoms with Crippen LogP contribution in [0.15, 0.2) is 24.3 Å². The van der Waals surface area contributed by atoms with E-state index >= 15 is 0 Å². The van der Waals surface area contributed by atoms with Crippen LogP contribution in [0.3, 0.4) is 0 Å². The number of aromatic nitrogens is 2. The molecule has 6 nitrogen and oxygen atoms in total. The average molecular weight is 309 g/mol. The average Bonchev–Trinajstić information content (AvgIpc) is 2.48. The molecule has 0 aliphatic rings. The molecule has 0 aliphatic carbocycles. The number of hydrogen-bond acceptors (Lipinski definition) is 6. The zero-order valence-electron chi connectivity index (χ0n) is 11.9. The van der Waals surface area contributed by atoms with E-state index in [4.69, 9.17) is 26.9 Å². The van der Waals surface area contributed by atoms with Crippen molar-refractivity contribution >= 4 is 17.4 Å². The van der Waals surface area contributed by atoms with Gasteiger partial charge in [-0.25, -0.2) is 10.8 Å². The molecule has 0 unspecified atom stereocenters. The van der Waals surface area contributed by atoms with Crippen molar-refractivity contribution in [3.05, 3.63) is 40.7 Å². The lowest BCUT2D eigenvalue weighted by Crippen LogP contribution is -2.11. The highest BCUT2D eigenvalue weighted by Gasteiger charge is 2.08. The van der Waals surface area contributed by atoms with E-state index in [0.717, 1.165) is 5.56 Å². The van der Waals surface area contributed by atoms with Crippen LogP contribution in [0.4, 0.5) is 5.82 Å². The third-order valence-electron chi connectivity index (χ3n) is 2.70. The van der Waals surface area contributed by atoms with Gasteiger partial charge < -0.3 is 14.9 Å². The maximum absolute atomic E-state index is 5.98. The van der Waals surface area contributed by atoms with Gasteiger partial charge in [-0.15, -0.1) is 0 Å². The lowest BCUT2D eigenvalue weighted by atomic mass is 10.2. The Balaban J connectivity index is 2.27. The highest BCUT2D eigenvalue weighted by Crippen LogP contribution is 2.27. The third-order valence-corrected chi connectivity index (χ3v) is 2.93. The van der Waals surface area contributed by atoms with E-state index in [2.05, 4.69) is 15.4 Å². The number of ether oxygens (including phenoxy) is 2. The Labute approximate surface area is 128 Å². The molecule has 2 rings (SSSR count). The molecule has 1 heterocycles. The summed E-state index contributed by atoms with van der Waals surface area (Å²) in [4.78, 5) is 8.48. The van der Waals surface area contributed by atoms with Crippen molar-refractivity contribution in [1.82, 2.24) is 9.97 Å². The molecule has 0 radical (unpaired) electrons. The molecular weight excluding hydrogens is 292 g/mol. The van der Waals surface area contributed by atoms with Crippen LogP contribution in [0.5, 0.6) is 11.6 Å². The largest absolute Gasteiger partial charge is 0.439 e. The molecule has 0 atom stereocenters. The summed E-state index contributed by atoms with van der Waals surface area (Å²) in [7, 11) is 0. The highest BCUT2D eigenvalue weighted by molar-refractivity contribution is 6.30. The SMILES string of the molecule is CCOCc1nc(NN)cc(Oc2cc(Cl)ccc2C)n1. The zero-order chi connectivity index (χ0) is 15.2. The Morgan fingerprint density at radius 2 is 2.10 bits per heavy atom. The molecule has 0 spiro atoms. The fraction of sp³-hybridized carbons (Fsp3) is 0.286. The first-order chi connectivity index (χ1) is 10.1. The minimum absolute atomic E-state index is 0.289. The van der Waals surface area contributed by atoms with Crippen LogP contribution < -0.4 is 16.0 Å². The summed E-state index contributed by atoms with van der Waals surface area (Å²) >= 11 is 5.98. The smallest absolute Gasteiger partial charge is 0.224 e. The maximum Gasteiger partial charge on any atom is 0.224 e. The van der Waals surface area contributed by atoms with Gasteiger partial charge in [0.25, 0.3) is 0 Å². The van der Waals surface area contributed by atoms with Crippen molar-refractivity contribution < 1.29 is 9.47 Å². The van der Waals surface area contributed by atoms with Gasteiger partial charge in [0.1, 0.15) is 18.2 Å². The van der Waals surface area contributed by atoms with Crippen molar-refractivity contribution in [1.29, 1.82) is 0 Å². The van der Waals surface area contributed by atoms with E-state index in [0.29, 0.717) is 34.9 Å². The fourth-order valence-electron chi connectivity index (χ4n) is 1.65. The highest BCUT2D eigenvalue weighted by atomic mass is 35.5. The van der Waals surface area contributed by atoms with Gasteiger partial charge in [0.05, 0.1) is 0 Å². The van der Waals surface area contributed by atoms with E-state index in [1.54, 1.807) is 18.2 Å². The predicted octanol–water partition coefficient (Wildman–Crippen LogP) is 3.05. The molecule has 21 heavy (non-hydrogen) atoms. The van der Waals surface area contributed by atoms with Crippen LogP contribution in [0.1, 0.15) is 18.3 Å². The van der Waals surface area contributed by atoms with Gasteiger partial charge in [-0.3, -0.25) is 0 Å². The van der Waals surface area contributed by atoms with Gasteiger partial charge in [0.2, 0.25) is 5.88 Å². The van der Waals surface area contributed by atoms with Gasteiger partial charge in [-0.05, 0) is 31.5 Å². The van der Waals surface area contributed by atoms with Crippen LogP contribution in [0.25, 0.3) is 0 Å². The van der Waals surface area contributed by atoms with Crippen LogP contribution in [-0.2, 0) is 11.3 Å². The summed E-state index contributed by atoms with van der Waals surface area (Å²) in [6, 6.07) is 7.02. The lowest BCUT2D eigenvalue weighted by molar-refractivity contribution is 0.128. The van der Waals surface area contributed by atoms with Crippen molar-refractivity contribution in [3.8, 4) is 11.6 Å². The van der Waals surface area contributed by atoms with Gasteiger partial charge in [0, 0.05) is 17.7 Å².